The molecule has 1 heteroatoms. The summed E-state index contributed by atoms with van der Waals surface area (Å²) < 4.78 is 0. The molecule has 1 aliphatic carbocycles. The van der Waals surface area contributed by atoms with Crippen LogP contribution in [-0.4, -0.2) is 11.2 Å². The smallest absolute Gasteiger partial charge is 0.0568 e. The largest absolute Gasteiger partial charge is 0.393 e. The number of aliphatic hydroxyl groups excluding tert-OH is 1. The molecule has 0 aromatic carbocycles. The molecule has 4 unspecified atom stereocenters. The van der Waals surface area contributed by atoms with Crippen molar-refractivity contribution in [1.82, 2.24) is 0 Å². The van der Waals surface area contributed by atoms with Gasteiger partial charge in [-0.15, -0.1) is 0 Å². The Balaban J connectivity index is 2.62. The Kier molecular flexibility index (Phi) is 4.64. The summed E-state index contributed by atoms with van der Waals surface area (Å²) in [5.74, 6) is 1.25. The lowest BCUT2D eigenvalue weighted by Gasteiger charge is -2.43. The van der Waals surface area contributed by atoms with E-state index < -0.39 is 0 Å². The van der Waals surface area contributed by atoms with Crippen LogP contribution >= 0.6 is 0 Å². The van der Waals surface area contributed by atoms with Gasteiger partial charge in [-0.25, -0.2) is 0 Å². The van der Waals surface area contributed by atoms with Crippen LogP contribution in [0.3, 0.4) is 0 Å². The van der Waals surface area contributed by atoms with Crippen LogP contribution < -0.4 is 0 Å². The first-order valence-electron chi connectivity index (χ1n) is 6.70. The van der Waals surface area contributed by atoms with Gasteiger partial charge in [0, 0.05) is 0 Å². The molecular formula is C14H28O. The summed E-state index contributed by atoms with van der Waals surface area (Å²) >= 11 is 0. The van der Waals surface area contributed by atoms with E-state index in [1.165, 1.54) is 32.1 Å². The van der Waals surface area contributed by atoms with Crippen LogP contribution in [0.4, 0.5) is 0 Å². The fourth-order valence-electron chi connectivity index (χ4n) is 3.31. The van der Waals surface area contributed by atoms with Crippen LogP contribution in [0.25, 0.3) is 0 Å². The normalized spacial score (nSPS) is 39.0. The topological polar surface area (TPSA) is 20.2 Å². The molecule has 0 spiro atoms. The highest BCUT2D eigenvalue weighted by Gasteiger charge is 2.37. The van der Waals surface area contributed by atoms with Crippen LogP contribution in [0.15, 0.2) is 0 Å². The molecule has 0 radical (unpaired) electrons. The number of aliphatic hydroxyl groups is 1. The lowest BCUT2D eigenvalue weighted by Crippen LogP contribution is -2.37. The average molecular weight is 212 g/mol. The first-order valence-corrected chi connectivity index (χ1v) is 6.70. The maximum absolute atomic E-state index is 10.1. The summed E-state index contributed by atoms with van der Waals surface area (Å²) in [6, 6.07) is 0. The van der Waals surface area contributed by atoms with Crippen molar-refractivity contribution in [2.45, 2.75) is 72.3 Å². The van der Waals surface area contributed by atoms with Crippen LogP contribution in [0, 0.1) is 17.3 Å². The highest BCUT2D eigenvalue weighted by molar-refractivity contribution is 4.88. The zero-order valence-electron chi connectivity index (χ0n) is 10.9. The van der Waals surface area contributed by atoms with Gasteiger partial charge in [-0.2, -0.15) is 0 Å². The highest BCUT2D eigenvalue weighted by Crippen LogP contribution is 2.46. The van der Waals surface area contributed by atoms with Crippen molar-refractivity contribution < 1.29 is 5.11 Å². The second-order valence-corrected chi connectivity index (χ2v) is 5.92. The maximum atomic E-state index is 10.1. The first kappa shape index (κ1) is 13.0. The molecule has 0 amide bonds. The second kappa shape index (κ2) is 5.34. The van der Waals surface area contributed by atoms with Crippen molar-refractivity contribution in [3.05, 3.63) is 0 Å². The van der Waals surface area contributed by atoms with E-state index in [0.717, 1.165) is 6.42 Å². The van der Waals surface area contributed by atoms with E-state index in [1.54, 1.807) is 0 Å². The molecule has 1 N–H and O–H groups in total. The minimum atomic E-state index is -0.0727. The molecule has 15 heavy (non-hydrogen) atoms. The molecule has 1 aliphatic rings. The minimum absolute atomic E-state index is 0.0727. The van der Waals surface area contributed by atoms with Crippen LogP contribution in [0.5, 0.6) is 0 Å². The Labute approximate surface area is 95.3 Å². The Morgan fingerprint density at radius 2 is 2.07 bits per heavy atom. The molecule has 0 aromatic heterocycles. The maximum Gasteiger partial charge on any atom is 0.0568 e. The lowest BCUT2D eigenvalue weighted by atomic mass is 9.63. The van der Waals surface area contributed by atoms with Crippen molar-refractivity contribution in [3.63, 3.8) is 0 Å². The van der Waals surface area contributed by atoms with E-state index in [0.29, 0.717) is 17.3 Å². The van der Waals surface area contributed by atoms with E-state index in [-0.39, 0.29) is 6.10 Å². The summed E-state index contributed by atoms with van der Waals surface area (Å²) in [6.07, 6.45) is 7.34. The molecule has 0 aromatic rings. The zero-order chi connectivity index (χ0) is 11.5. The van der Waals surface area contributed by atoms with Gasteiger partial charge < -0.3 is 5.11 Å². The molecule has 1 saturated carbocycles. The summed E-state index contributed by atoms with van der Waals surface area (Å²) in [7, 11) is 0. The standard InChI is InChI=1S/C14H28O/c1-5-8-14(4)9-7-11(3)12(10-14)13(15)6-2/h11-13,15H,5-10H2,1-4H3. The van der Waals surface area contributed by atoms with Crippen molar-refractivity contribution >= 4 is 0 Å². The predicted octanol–water partition coefficient (Wildman–Crippen LogP) is 4.00. The van der Waals surface area contributed by atoms with Crippen LogP contribution in [0.2, 0.25) is 0 Å². The average Bonchev–Trinajstić information content (AvgIpc) is 2.21. The van der Waals surface area contributed by atoms with Gasteiger partial charge in [-0.1, -0.05) is 34.1 Å². The van der Waals surface area contributed by atoms with Gasteiger partial charge in [0.1, 0.15) is 0 Å². The van der Waals surface area contributed by atoms with E-state index in [4.69, 9.17) is 0 Å². The molecule has 90 valence electrons. The van der Waals surface area contributed by atoms with Gasteiger partial charge >= 0.3 is 0 Å². The molecule has 0 bridgehead atoms. The van der Waals surface area contributed by atoms with Crippen LogP contribution in [-0.2, 0) is 0 Å². The fraction of sp³-hybridized carbons (Fsp3) is 1.00. The van der Waals surface area contributed by atoms with Crippen molar-refractivity contribution in [2.24, 2.45) is 17.3 Å². The van der Waals surface area contributed by atoms with Crippen molar-refractivity contribution in [3.8, 4) is 0 Å². The highest BCUT2D eigenvalue weighted by atomic mass is 16.3. The van der Waals surface area contributed by atoms with E-state index in [9.17, 15) is 5.11 Å². The van der Waals surface area contributed by atoms with Crippen molar-refractivity contribution in [1.29, 1.82) is 0 Å². The lowest BCUT2D eigenvalue weighted by molar-refractivity contribution is 0.00252. The zero-order valence-corrected chi connectivity index (χ0v) is 10.9. The molecule has 0 aliphatic heterocycles. The fourth-order valence-corrected chi connectivity index (χ4v) is 3.31. The van der Waals surface area contributed by atoms with E-state index in [1.807, 2.05) is 0 Å². The third-order valence-corrected chi connectivity index (χ3v) is 4.43. The Hall–Kier alpha value is -0.0400. The molecule has 0 heterocycles. The number of hydrogen-bond acceptors (Lipinski definition) is 1. The Morgan fingerprint density at radius 1 is 1.40 bits per heavy atom. The Morgan fingerprint density at radius 3 is 2.60 bits per heavy atom. The van der Waals surface area contributed by atoms with Gasteiger partial charge in [-0.3, -0.25) is 0 Å². The van der Waals surface area contributed by atoms with E-state index >= 15 is 0 Å². The second-order valence-electron chi connectivity index (χ2n) is 5.92. The Bertz CT molecular complexity index is 186. The number of rotatable bonds is 4. The molecule has 1 nitrogen and oxygen atoms in total. The van der Waals surface area contributed by atoms with Gasteiger partial charge in [0.25, 0.3) is 0 Å². The quantitative estimate of drug-likeness (QED) is 0.747. The summed E-state index contributed by atoms with van der Waals surface area (Å²) in [6.45, 7) is 9.10. The third kappa shape index (κ3) is 3.21. The number of hydrogen-bond donors (Lipinski definition) is 1. The molecular weight excluding hydrogens is 184 g/mol. The molecule has 4 atom stereocenters. The third-order valence-electron chi connectivity index (χ3n) is 4.43. The van der Waals surface area contributed by atoms with Gasteiger partial charge in [0.2, 0.25) is 0 Å². The van der Waals surface area contributed by atoms with E-state index in [2.05, 4.69) is 27.7 Å². The molecule has 1 fully saturated rings. The van der Waals surface area contributed by atoms with Gasteiger partial charge in [-0.05, 0) is 49.4 Å². The summed E-state index contributed by atoms with van der Waals surface area (Å²) in [4.78, 5) is 0. The summed E-state index contributed by atoms with van der Waals surface area (Å²) in [5, 5.41) is 10.1. The minimum Gasteiger partial charge on any atom is -0.393 e. The molecule has 0 saturated heterocycles. The predicted molar refractivity (Wildman–Crippen MR) is 65.8 cm³/mol. The molecule has 1 rings (SSSR count). The SMILES string of the molecule is CCCC1(C)CCC(C)C(C(O)CC)C1. The summed E-state index contributed by atoms with van der Waals surface area (Å²) in [5.41, 5.74) is 0.502. The van der Waals surface area contributed by atoms with Gasteiger partial charge in [0.15, 0.2) is 0 Å². The van der Waals surface area contributed by atoms with Crippen LogP contribution in [0.1, 0.15) is 66.2 Å². The van der Waals surface area contributed by atoms with Crippen molar-refractivity contribution in [2.75, 3.05) is 0 Å². The van der Waals surface area contributed by atoms with Gasteiger partial charge in [0.05, 0.1) is 6.10 Å². The first-order chi connectivity index (χ1) is 7.02. The monoisotopic (exact) mass is 212 g/mol.